The van der Waals surface area contributed by atoms with Crippen LogP contribution in [0.25, 0.3) is 0 Å². The summed E-state index contributed by atoms with van der Waals surface area (Å²) in [6.07, 6.45) is -0.120. The molecule has 120 valence electrons. The van der Waals surface area contributed by atoms with E-state index in [1.54, 1.807) is 49.3 Å². The molecule has 6 heteroatoms. The van der Waals surface area contributed by atoms with Crippen LogP contribution in [0.1, 0.15) is 16.1 Å². The van der Waals surface area contributed by atoms with Gasteiger partial charge in [-0.05, 0) is 25.1 Å². The van der Waals surface area contributed by atoms with Crippen LogP contribution in [0.3, 0.4) is 0 Å². The predicted octanol–water partition coefficient (Wildman–Crippen LogP) is 1.86. The van der Waals surface area contributed by atoms with Crippen LogP contribution in [0.4, 0.5) is 0 Å². The Bertz CT molecular complexity index is 777. The minimum Gasteiger partial charge on any atom is -0.497 e. The Hall–Kier alpha value is -2.76. The fourth-order valence-electron chi connectivity index (χ4n) is 2.45. The zero-order valence-corrected chi connectivity index (χ0v) is 12.9. The summed E-state index contributed by atoms with van der Waals surface area (Å²) in [5, 5.41) is 0. The van der Waals surface area contributed by atoms with Gasteiger partial charge in [0.05, 0.1) is 26.3 Å². The second-order valence-corrected chi connectivity index (χ2v) is 5.40. The number of amides is 1. The van der Waals surface area contributed by atoms with Crippen molar-refractivity contribution in [2.75, 3.05) is 20.2 Å². The van der Waals surface area contributed by atoms with Gasteiger partial charge >= 0.3 is 5.63 Å². The number of hydrogen-bond acceptors (Lipinski definition) is 5. The summed E-state index contributed by atoms with van der Waals surface area (Å²) in [4.78, 5) is 25.3. The lowest BCUT2D eigenvalue weighted by Crippen LogP contribution is -2.56. The van der Waals surface area contributed by atoms with Crippen LogP contribution >= 0.6 is 0 Å². The van der Waals surface area contributed by atoms with E-state index in [1.165, 1.54) is 6.07 Å². The lowest BCUT2D eigenvalue weighted by atomic mass is 10.1. The Morgan fingerprint density at radius 2 is 2.00 bits per heavy atom. The molecule has 1 aliphatic rings. The number of likely N-dealkylation sites (tertiary alicyclic amines) is 1. The molecule has 0 saturated carbocycles. The number of methoxy groups -OCH3 is 1. The second-order valence-electron chi connectivity index (χ2n) is 5.40. The highest BCUT2D eigenvalue weighted by Gasteiger charge is 2.33. The highest BCUT2D eigenvalue weighted by atomic mass is 16.5. The van der Waals surface area contributed by atoms with E-state index in [2.05, 4.69) is 0 Å². The predicted molar refractivity (Wildman–Crippen MR) is 83.0 cm³/mol. The molecular formula is C17H17NO5. The Morgan fingerprint density at radius 3 is 2.70 bits per heavy atom. The molecule has 6 nitrogen and oxygen atoms in total. The Labute approximate surface area is 133 Å². The zero-order valence-electron chi connectivity index (χ0n) is 12.9. The number of benzene rings is 1. The Morgan fingerprint density at radius 1 is 1.22 bits per heavy atom. The molecular weight excluding hydrogens is 298 g/mol. The molecule has 3 rings (SSSR count). The van der Waals surface area contributed by atoms with Crippen LogP contribution < -0.4 is 15.1 Å². The van der Waals surface area contributed by atoms with Crippen molar-refractivity contribution >= 4 is 5.91 Å². The van der Waals surface area contributed by atoms with E-state index in [9.17, 15) is 9.59 Å². The largest absolute Gasteiger partial charge is 0.497 e. The average Bonchev–Trinajstić information content (AvgIpc) is 2.49. The van der Waals surface area contributed by atoms with Crippen LogP contribution in [0.15, 0.2) is 45.6 Å². The van der Waals surface area contributed by atoms with E-state index >= 15 is 0 Å². The maximum absolute atomic E-state index is 12.4. The van der Waals surface area contributed by atoms with Crippen molar-refractivity contribution in [1.29, 1.82) is 0 Å². The van der Waals surface area contributed by atoms with Crippen LogP contribution in [0.5, 0.6) is 11.5 Å². The number of nitrogens with zero attached hydrogens (tertiary/aromatic N) is 1. The van der Waals surface area contributed by atoms with Crippen molar-refractivity contribution < 1.29 is 18.7 Å². The normalized spacial score (nSPS) is 14.3. The first-order valence-electron chi connectivity index (χ1n) is 7.27. The molecule has 0 N–H and O–H groups in total. The van der Waals surface area contributed by atoms with Crippen LogP contribution in [0, 0.1) is 6.92 Å². The first-order valence-corrected chi connectivity index (χ1v) is 7.27. The number of carbonyl (C=O) groups is 1. The van der Waals surface area contributed by atoms with Crippen molar-refractivity contribution in [3.05, 3.63) is 58.1 Å². The molecule has 2 heterocycles. The molecule has 2 aromatic rings. The monoisotopic (exact) mass is 315 g/mol. The van der Waals surface area contributed by atoms with Crippen LogP contribution in [0.2, 0.25) is 0 Å². The van der Waals surface area contributed by atoms with E-state index in [-0.39, 0.29) is 12.0 Å². The number of hydrogen-bond donors (Lipinski definition) is 0. The maximum atomic E-state index is 12.4. The summed E-state index contributed by atoms with van der Waals surface area (Å²) in [6.45, 7) is 2.65. The van der Waals surface area contributed by atoms with Crippen molar-refractivity contribution in [1.82, 2.24) is 4.90 Å². The van der Waals surface area contributed by atoms with Crippen molar-refractivity contribution in [3.63, 3.8) is 0 Å². The highest BCUT2D eigenvalue weighted by molar-refractivity contribution is 5.95. The molecule has 0 atom stereocenters. The third kappa shape index (κ3) is 3.36. The van der Waals surface area contributed by atoms with E-state index in [0.29, 0.717) is 35.9 Å². The van der Waals surface area contributed by atoms with E-state index < -0.39 is 5.63 Å². The van der Waals surface area contributed by atoms with Gasteiger partial charge in [-0.15, -0.1) is 0 Å². The number of carbonyl (C=O) groups excluding carboxylic acids is 1. The summed E-state index contributed by atoms with van der Waals surface area (Å²) in [5.74, 6) is 1.55. The van der Waals surface area contributed by atoms with E-state index in [4.69, 9.17) is 13.9 Å². The molecule has 1 aromatic carbocycles. The molecule has 1 fully saturated rings. The summed E-state index contributed by atoms with van der Waals surface area (Å²) in [6, 6.07) is 10.0. The quantitative estimate of drug-likeness (QED) is 0.861. The van der Waals surface area contributed by atoms with Gasteiger partial charge < -0.3 is 18.8 Å². The van der Waals surface area contributed by atoms with Gasteiger partial charge in [-0.1, -0.05) is 6.07 Å². The second kappa shape index (κ2) is 6.16. The molecule has 0 unspecified atom stereocenters. The number of ether oxygens (including phenoxy) is 2. The Kier molecular flexibility index (Phi) is 4.06. The van der Waals surface area contributed by atoms with E-state index in [0.717, 1.165) is 0 Å². The van der Waals surface area contributed by atoms with Gasteiger partial charge in [0.2, 0.25) is 0 Å². The molecule has 1 aromatic heterocycles. The lowest BCUT2D eigenvalue weighted by molar-refractivity contribution is 0.0174. The summed E-state index contributed by atoms with van der Waals surface area (Å²) < 4.78 is 15.7. The Balaban J connectivity index is 1.60. The van der Waals surface area contributed by atoms with Gasteiger partial charge in [-0.25, -0.2) is 4.79 Å². The number of aryl methyl sites for hydroxylation is 1. The summed E-state index contributed by atoms with van der Waals surface area (Å²) in [5.41, 5.74) is 0.141. The van der Waals surface area contributed by atoms with Crippen molar-refractivity contribution in [2.45, 2.75) is 13.0 Å². The first-order chi connectivity index (χ1) is 11.0. The molecule has 1 saturated heterocycles. The molecule has 0 spiro atoms. The van der Waals surface area contributed by atoms with Crippen molar-refractivity contribution in [2.24, 2.45) is 0 Å². The molecule has 0 aliphatic carbocycles. The van der Waals surface area contributed by atoms with Gasteiger partial charge in [0.25, 0.3) is 5.91 Å². The topological polar surface area (TPSA) is 69.0 Å². The summed E-state index contributed by atoms with van der Waals surface area (Å²) >= 11 is 0. The molecule has 1 amide bonds. The first kappa shape index (κ1) is 15.1. The van der Waals surface area contributed by atoms with Gasteiger partial charge in [0, 0.05) is 11.6 Å². The third-order valence-corrected chi connectivity index (χ3v) is 3.62. The van der Waals surface area contributed by atoms with Crippen LogP contribution in [-0.4, -0.2) is 37.1 Å². The standard InChI is InChI=1S/C17H17NO5/c1-11-6-14(8-16(19)22-11)23-15-9-18(10-15)17(20)12-4-3-5-13(7-12)21-2/h3-8,15H,9-10H2,1-2H3. The van der Waals surface area contributed by atoms with Crippen LogP contribution in [-0.2, 0) is 0 Å². The SMILES string of the molecule is COc1cccc(C(=O)N2CC(Oc3cc(C)oc(=O)c3)C2)c1. The van der Waals surface area contributed by atoms with Gasteiger partial charge in [0.1, 0.15) is 23.4 Å². The average molecular weight is 315 g/mol. The fourth-order valence-corrected chi connectivity index (χ4v) is 2.45. The lowest BCUT2D eigenvalue weighted by Gasteiger charge is -2.39. The smallest absolute Gasteiger partial charge is 0.339 e. The molecule has 0 radical (unpaired) electrons. The minimum absolute atomic E-state index is 0.0625. The third-order valence-electron chi connectivity index (χ3n) is 3.62. The minimum atomic E-state index is -0.441. The zero-order chi connectivity index (χ0) is 16.4. The molecule has 0 bridgehead atoms. The highest BCUT2D eigenvalue weighted by Crippen LogP contribution is 2.21. The van der Waals surface area contributed by atoms with Crippen molar-refractivity contribution in [3.8, 4) is 11.5 Å². The maximum Gasteiger partial charge on any atom is 0.339 e. The number of rotatable bonds is 4. The summed E-state index contributed by atoms with van der Waals surface area (Å²) in [7, 11) is 1.56. The van der Waals surface area contributed by atoms with Gasteiger partial charge in [-0.2, -0.15) is 0 Å². The van der Waals surface area contributed by atoms with E-state index in [1.807, 2.05) is 0 Å². The fraction of sp³-hybridized carbons (Fsp3) is 0.294. The molecule has 1 aliphatic heterocycles. The molecule has 23 heavy (non-hydrogen) atoms. The van der Waals surface area contributed by atoms with Gasteiger partial charge in [-0.3, -0.25) is 4.79 Å². The van der Waals surface area contributed by atoms with Gasteiger partial charge in [0.15, 0.2) is 0 Å².